The molecule has 0 aromatic carbocycles. The van der Waals surface area contributed by atoms with Crippen LogP contribution in [0.2, 0.25) is 0 Å². The van der Waals surface area contributed by atoms with Gasteiger partial charge in [-0.3, -0.25) is 0 Å². The van der Waals surface area contributed by atoms with Gasteiger partial charge in [-0.2, -0.15) is 0 Å². The van der Waals surface area contributed by atoms with Crippen LogP contribution in [0, 0.1) is 22.2 Å². The molecule has 2 N–H and O–H groups in total. The summed E-state index contributed by atoms with van der Waals surface area (Å²) in [6, 6.07) is 0.494. The van der Waals surface area contributed by atoms with E-state index < -0.39 is 0 Å². The molecule has 2 saturated carbocycles. The Morgan fingerprint density at radius 3 is 1.71 bits per heavy atom. The predicted molar refractivity (Wildman–Crippen MR) is 61.0 cm³/mol. The molecule has 82 valence electrons. The van der Waals surface area contributed by atoms with Gasteiger partial charge in [0.1, 0.15) is 0 Å². The minimum absolute atomic E-state index is 0.410. The van der Waals surface area contributed by atoms with E-state index in [1.165, 1.54) is 19.3 Å². The van der Waals surface area contributed by atoms with Gasteiger partial charge >= 0.3 is 0 Å². The number of hydrogen-bond donors (Lipinski definition) is 1. The second-order valence-corrected chi connectivity index (χ2v) is 7.11. The van der Waals surface area contributed by atoms with Crippen LogP contribution in [-0.2, 0) is 0 Å². The molecule has 0 bridgehead atoms. The molecular formula is C13H25N. The summed E-state index contributed by atoms with van der Waals surface area (Å²) >= 11 is 0. The van der Waals surface area contributed by atoms with Gasteiger partial charge in [-0.15, -0.1) is 0 Å². The fraction of sp³-hybridized carbons (Fsp3) is 1.00. The summed E-state index contributed by atoms with van der Waals surface area (Å²) in [5.41, 5.74) is 7.51. The van der Waals surface area contributed by atoms with Gasteiger partial charge in [0.05, 0.1) is 0 Å². The molecule has 2 aliphatic carbocycles. The van der Waals surface area contributed by atoms with Crippen molar-refractivity contribution in [3.63, 3.8) is 0 Å². The van der Waals surface area contributed by atoms with Gasteiger partial charge < -0.3 is 5.73 Å². The summed E-state index contributed by atoms with van der Waals surface area (Å²) in [7, 11) is 0. The Morgan fingerprint density at radius 2 is 1.64 bits per heavy atom. The second-order valence-electron chi connectivity index (χ2n) is 7.11. The third-order valence-electron chi connectivity index (χ3n) is 5.16. The Hall–Kier alpha value is -0.0400. The maximum Gasteiger partial charge on any atom is 0.00768 e. The molecule has 1 nitrogen and oxygen atoms in total. The van der Waals surface area contributed by atoms with Crippen molar-refractivity contribution in [2.75, 3.05) is 0 Å². The van der Waals surface area contributed by atoms with Crippen LogP contribution in [0.15, 0.2) is 0 Å². The molecule has 0 amide bonds. The van der Waals surface area contributed by atoms with Gasteiger partial charge in [-0.25, -0.2) is 0 Å². The Kier molecular flexibility index (Phi) is 1.91. The second kappa shape index (κ2) is 2.55. The molecule has 0 radical (unpaired) electrons. The maximum absolute atomic E-state index is 6.08. The minimum Gasteiger partial charge on any atom is -0.327 e. The zero-order valence-electron chi connectivity index (χ0n) is 10.4. The van der Waals surface area contributed by atoms with E-state index >= 15 is 0 Å². The van der Waals surface area contributed by atoms with Crippen LogP contribution in [0.1, 0.15) is 53.9 Å². The Bertz CT molecular complexity index is 236. The Morgan fingerprint density at radius 1 is 1.14 bits per heavy atom. The van der Waals surface area contributed by atoms with E-state index in [2.05, 4.69) is 34.6 Å². The molecule has 3 atom stereocenters. The SMILES string of the molecule is CC(C)(C)[C@@]1([C@H]2CC2N)CCC1(C)C. The molecule has 0 heterocycles. The number of nitrogens with two attached hydrogens (primary N) is 1. The number of hydrogen-bond acceptors (Lipinski definition) is 1. The van der Waals surface area contributed by atoms with Crippen molar-refractivity contribution >= 4 is 0 Å². The van der Waals surface area contributed by atoms with E-state index in [0.29, 0.717) is 22.3 Å². The van der Waals surface area contributed by atoms with Crippen LogP contribution in [0.25, 0.3) is 0 Å². The van der Waals surface area contributed by atoms with Crippen LogP contribution < -0.4 is 5.73 Å². The average molecular weight is 195 g/mol. The van der Waals surface area contributed by atoms with Crippen molar-refractivity contribution in [2.24, 2.45) is 27.9 Å². The predicted octanol–water partition coefficient (Wildman–Crippen LogP) is 3.19. The number of rotatable bonds is 1. The average Bonchev–Trinajstić information content (AvgIpc) is 2.63. The monoisotopic (exact) mass is 195 g/mol. The molecule has 2 rings (SSSR count). The van der Waals surface area contributed by atoms with E-state index in [-0.39, 0.29) is 0 Å². The van der Waals surface area contributed by atoms with E-state index in [1.807, 2.05) is 0 Å². The Labute approximate surface area is 88.4 Å². The van der Waals surface area contributed by atoms with Crippen LogP contribution in [0.5, 0.6) is 0 Å². The van der Waals surface area contributed by atoms with Gasteiger partial charge in [0.15, 0.2) is 0 Å². The zero-order valence-corrected chi connectivity index (χ0v) is 10.4. The molecule has 0 aromatic rings. The lowest BCUT2D eigenvalue weighted by molar-refractivity contribution is -0.153. The van der Waals surface area contributed by atoms with Gasteiger partial charge in [-0.1, -0.05) is 34.6 Å². The van der Waals surface area contributed by atoms with E-state index in [0.717, 1.165) is 5.92 Å². The smallest absolute Gasteiger partial charge is 0.00768 e. The Balaban J connectivity index is 2.32. The lowest BCUT2D eigenvalue weighted by atomic mass is 9.40. The van der Waals surface area contributed by atoms with Crippen molar-refractivity contribution in [3.8, 4) is 0 Å². The lowest BCUT2D eigenvalue weighted by Crippen LogP contribution is -2.57. The van der Waals surface area contributed by atoms with Crippen LogP contribution >= 0.6 is 0 Å². The summed E-state index contributed by atoms with van der Waals surface area (Å²) < 4.78 is 0. The van der Waals surface area contributed by atoms with E-state index in [9.17, 15) is 0 Å². The maximum atomic E-state index is 6.08. The molecule has 1 heteroatoms. The minimum atomic E-state index is 0.410. The molecular weight excluding hydrogens is 170 g/mol. The zero-order chi connectivity index (χ0) is 10.8. The lowest BCUT2D eigenvalue weighted by Gasteiger charge is -2.64. The molecule has 0 saturated heterocycles. The molecule has 0 spiro atoms. The van der Waals surface area contributed by atoms with Crippen molar-refractivity contribution in [1.29, 1.82) is 0 Å². The summed E-state index contributed by atoms with van der Waals surface area (Å²) in [5, 5.41) is 0. The molecule has 2 aliphatic rings. The first-order valence-electron chi connectivity index (χ1n) is 5.98. The van der Waals surface area contributed by atoms with Gasteiger partial charge in [0.2, 0.25) is 0 Å². The molecule has 0 aromatic heterocycles. The quantitative estimate of drug-likeness (QED) is 0.683. The fourth-order valence-corrected chi connectivity index (χ4v) is 4.31. The van der Waals surface area contributed by atoms with Crippen molar-refractivity contribution in [3.05, 3.63) is 0 Å². The normalized spacial score (nSPS) is 45.9. The van der Waals surface area contributed by atoms with E-state index in [1.54, 1.807) is 0 Å². The highest BCUT2D eigenvalue weighted by molar-refractivity contribution is 5.17. The first-order valence-corrected chi connectivity index (χ1v) is 5.98. The highest BCUT2D eigenvalue weighted by Crippen LogP contribution is 2.72. The standard InChI is InChI=1S/C13H25N/c1-11(2,3)13(9-8-10(9)14)7-6-12(13,4)5/h9-10H,6-8,14H2,1-5H3/t9-,10?,13-/m0/s1. The van der Waals surface area contributed by atoms with Gasteiger partial charge in [-0.05, 0) is 41.4 Å². The molecule has 14 heavy (non-hydrogen) atoms. The van der Waals surface area contributed by atoms with Gasteiger partial charge in [0, 0.05) is 6.04 Å². The van der Waals surface area contributed by atoms with Crippen LogP contribution in [0.3, 0.4) is 0 Å². The van der Waals surface area contributed by atoms with Crippen LogP contribution in [0.4, 0.5) is 0 Å². The highest BCUT2D eigenvalue weighted by Gasteiger charge is 2.67. The first kappa shape index (κ1) is 10.5. The van der Waals surface area contributed by atoms with Crippen molar-refractivity contribution < 1.29 is 0 Å². The highest BCUT2D eigenvalue weighted by atomic mass is 14.8. The van der Waals surface area contributed by atoms with Crippen LogP contribution in [-0.4, -0.2) is 6.04 Å². The first-order chi connectivity index (χ1) is 6.22. The largest absolute Gasteiger partial charge is 0.327 e. The summed E-state index contributed by atoms with van der Waals surface area (Å²) in [4.78, 5) is 0. The van der Waals surface area contributed by atoms with Crippen molar-refractivity contribution in [1.82, 2.24) is 0 Å². The molecule has 1 unspecified atom stereocenters. The van der Waals surface area contributed by atoms with E-state index in [4.69, 9.17) is 5.73 Å². The third-order valence-corrected chi connectivity index (χ3v) is 5.16. The molecule has 2 fully saturated rings. The fourth-order valence-electron chi connectivity index (χ4n) is 4.31. The van der Waals surface area contributed by atoms with Gasteiger partial charge in [0.25, 0.3) is 0 Å². The third kappa shape index (κ3) is 1.05. The molecule has 0 aliphatic heterocycles. The summed E-state index contributed by atoms with van der Waals surface area (Å²) in [5.74, 6) is 0.797. The summed E-state index contributed by atoms with van der Waals surface area (Å²) in [6.45, 7) is 12.1. The topological polar surface area (TPSA) is 26.0 Å². The summed E-state index contributed by atoms with van der Waals surface area (Å²) in [6.07, 6.45) is 4.04. The van der Waals surface area contributed by atoms with Crippen molar-refractivity contribution in [2.45, 2.75) is 59.9 Å².